The maximum absolute atomic E-state index is 12.8. The van der Waals surface area contributed by atoms with E-state index in [2.05, 4.69) is 32.2 Å². The van der Waals surface area contributed by atoms with Gasteiger partial charge in [-0.05, 0) is 69.8 Å². The van der Waals surface area contributed by atoms with Gasteiger partial charge in [-0.15, -0.1) is 5.10 Å². The lowest BCUT2D eigenvalue weighted by Crippen LogP contribution is -2.36. The highest BCUT2D eigenvalue weighted by Gasteiger charge is 2.16. The van der Waals surface area contributed by atoms with Crippen LogP contribution >= 0.6 is 11.8 Å². The SMILES string of the molecule is Cc1cc(C)n2nc(SCc3ccccc3C(=O)NCCCN3CCCC(C)C3)nc2n1. The molecule has 1 amide bonds. The van der Waals surface area contributed by atoms with Crippen LogP contribution in [-0.2, 0) is 5.75 Å². The van der Waals surface area contributed by atoms with Crippen molar-refractivity contribution < 1.29 is 4.79 Å². The Morgan fingerprint density at radius 2 is 2.09 bits per heavy atom. The lowest BCUT2D eigenvalue weighted by molar-refractivity contribution is 0.0949. The predicted octanol–water partition coefficient (Wildman–Crippen LogP) is 3.89. The highest BCUT2D eigenvalue weighted by molar-refractivity contribution is 7.98. The molecule has 170 valence electrons. The van der Waals surface area contributed by atoms with Crippen LogP contribution in [0.1, 0.15) is 53.5 Å². The van der Waals surface area contributed by atoms with Crippen LogP contribution in [0.3, 0.4) is 0 Å². The van der Waals surface area contributed by atoms with E-state index in [9.17, 15) is 4.79 Å². The van der Waals surface area contributed by atoms with Crippen molar-refractivity contribution in [2.24, 2.45) is 5.92 Å². The first-order valence-electron chi connectivity index (χ1n) is 11.4. The summed E-state index contributed by atoms with van der Waals surface area (Å²) < 4.78 is 1.76. The summed E-state index contributed by atoms with van der Waals surface area (Å²) in [5.74, 6) is 2.02. The smallest absolute Gasteiger partial charge is 0.253 e. The van der Waals surface area contributed by atoms with Crippen molar-refractivity contribution in [2.75, 3.05) is 26.2 Å². The van der Waals surface area contributed by atoms with Crippen molar-refractivity contribution in [2.45, 2.75) is 50.9 Å². The lowest BCUT2D eigenvalue weighted by Gasteiger charge is -2.30. The van der Waals surface area contributed by atoms with Crippen molar-refractivity contribution in [3.63, 3.8) is 0 Å². The summed E-state index contributed by atoms with van der Waals surface area (Å²) in [6.07, 6.45) is 3.60. The Kier molecular flexibility index (Phi) is 7.42. The molecule has 0 radical (unpaired) electrons. The number of carbonyl (C=O) groups is 1. The molecule has 8 heteroatoms. The zero-order valence-corrected chi connectivity index (χ0v) is 20.0. The second-order valence-corrected chi connectivity index (χ2v) is 9.69. The monoisotopic (exact) mass is 452 g/mol. The van der Waals surface area contributed by atoms with E-state index < -0.39 is 0 Å². The number of nitrogens with zero attached hydrogens (tertiary/aromatic N) is 5. The number of aryl methyl sites for hydroxylation is 2. The molecule has 1 aliphatic heterocycles. The van der Waals surface area contributed by atoms with E-state index in [4.69, 9.17) is 0 Å². The summed E-state index contributed by atoms with van der Waals surface area (Å²) in [5.41, 5.74) is 3.64. The van der Waals surface area contributed by atoms with Gasteiger partial charge in [0.25, 0.3) is 11.7 Å². The average Bonchev–Trinajstić information content (AvgIpc) is 3.19. The van der Waals surface area contributed by atoms with E-state index in [1.165, 1.54) is 37.7 Å². The molecule has 0 bridgehead atoms. The van der Waals surface area contributed by atoms with Crippen LogP contribution < -0.4 is 5.32 Å². The third-order valence-corrected chi connectivity index (χ3v) is 6.78. The van der Waals surface area contributed by atoms with Crippen LogP contribution in [0.25, 0.3) is 5.78 Å². The summed E-state index contributed by atoms with van der Waals surface area (Å²) in [4.78, 5) is 24.3. The van der Waals surface area contributed by atoms with Crippen LogP contribution in [0.5, 0.6) is 0 Å². The summed E-state index contributed by atoms with van der Waals surface area (Å²) in [6, 6.07) is 9.76. The molecule has 3 heterocycles. The van der Waals surface area contributed by atoms with E-state index >= 15 is 0 Å². The standard InChI is InChI=1S/C24H32N6OS/c1-17-8-6-12-29(15-17)13-7-11-25-22(31)21-10-5-4-9-20(21)16-32-24-27-23-26-18(2)14-19(3)30(23)28-24/h4-5,9-10,14,17H,6-8,11-13,15-16H2,1-3H3,(H,25,31). The van der Waals surface area contributed by atoms with Crippen LogP contribution in [-0.4, -0.2) is 56.6 Å². The fourth-order valence-electron chi connectivity index (χ4n) is 4.31. The van der Waals surface area contributed by atoms with Gasteiger partial charge in [0, 0.05) is 35.8 Å². The molecule has 1 aromatic carbocycles. The zero-order chi connectivity index (χ0) is 22.5. The first-order chi connectivity index (χ1) is 15.5. The second kappa shape index (κ2) is 10.4. The number of carbonyl (C=O) groups excluding carboxylic acids is 1. The lowest BCUT2D eigenvalue weighted by atomic mass is 10.0. The molecule has 3 aromatic rings. The third kappa shape index (κ3) is 5.66. The molecule has 7 nitrogen and oxygen atoms in total. The third-order valence-electron chi connectivity index (χ3n) is 5.90. The Labute approximate surface area is 194 Å². The Hall–Kier alpha value is -2.45. The quantitative estimate of drug-likeness (QED) is 0.413. The molecule has 1 aliphatic rings. The van der Waals surface area contributed by atoms with Crippen LogP contribution in [0.2, 0.25) is 0 Å². The highest BCUT2D eigenvalue weighted by Crippen LogP contribution is 2.23. The van der Waals surface area contributed by atoms with Crippen molar-refractivity contribution in [1.29, 1.82) is 0 Å². The van der Waals surface area contributed by atoms with Crippen LogP contribution in [0.15, 0.2) is 35.5 Å². The number of rotatable bonds is 8. The van der Waals surface area contributed by atoms with Gasteiger partial charge in [-0.1, -0.05) is 36.9 Å². The van der Waals surface area contributed by atoms with E-state index in [1.54, 1.807) is 4.52 Å². The Morgan fingerprint density at radius 1 is 1.25 bits per heavy atom. The summed E-state index contributed by atoms with van der Waals surface area (Å²) >= 11 is 1.52. The average molecular weight is 453 g/mol. The van der Waals surface area contributed by atoms with Gasteiger partial charge in [-0.25, -0.2) is 9.50 Å². The minimum Gasteiger partial charge on any atom is -0.352 e. The minimum atomic E-state index is -0.00990. The molecule has 0 spiro atoms. The molecule has 1 fully saturated rings. The van der Waals surface area contributed by atoms with Crippen LogP contribution in [0, 0.1) is 19.8 Å². The van der Waals surface area contributed by atoms with Gasteiger partial charge in [0.15, 0.2) is 0 Å². The van der Waals surface area contributed by atoms with Gasteiger partial charge in [0.05, 0.1) is 0 Å². The maximum Gasteiger partial charge on any atom is 0.253 e. The number of aromatic nitrogens is 4. The molecule has 32 heavy (non-hydrogen) atoms. The van der Waals surface area contributed by atoms with Crippen LogP contribution in [0.4, 0.5) is 0 Å². The number of amides is 1. The fourth-order valence-corrected chi connectivity index (χ4v) is 5.13. The second-order valence-electron chi connectivity index (χ2n) is 8.75. The molecule has 1 saturated heterocycles. The first kappa shape index (κ1) is 22.7. The maximum atomic E-state index is 12.8. The summed E-state index contributed by atoms with van der Waals surface area (Å²) in [7, 11) is 0. The minimum absolute atomic E-state index is 0.00990. The number of likely N-dealkylation sites (tertiary alicyclic amines) is 1. The van der Waals surface area contributed by atoms with Crippen molar-refractivity contribution in [3.8, 4) is 0 Å². The zero-order valence-electron chi connectivity index (χ0n) is 19.2. The Bertz CT molecular complexity index is 1080. The largest absolute Gasteiger partial charge is 0.352 e. The van der Waals surface area contributed by atoms with Gasteiger partial charge in [-0.3, -0.25) is 4.79 Å². The molecule has 1 unspecified atom stereocenters. The summed E-state index contributed by atoms with van der Waals surface area (Å²) in [5, 5.41) is 8.32. The molecule has 0 saturated carbocycles. The molecule has 2 aromatic heterocycles. The van der Waals surface area contributed by atoms with Gasteiger partial charge in [0.2, 0.25) is 5.16 Å². The number of hydrogen-bond acceptors (Lipinski definition) is 6. The normalized spacial score (nSPS) is 17.0. The van der Waals surface area contributed by atoms with E-state index in [0.717, 1.165) is 41.4 Å². The number of thioether (sulfide) groups is 1. The topological polar surface area (TPSA) is 75.4 Å². The van der Waals surface area contributed by atoms with Crippen molar-refractivity contribution >= 4 is 23.4 Å². The molecule has 4 rings (SSSR count). The first-order valence-corrected chi connectivity index (χ1v) is 12.4. The van der Waals surface area contributed by atoms with E-state index in [0.29, 0.717) is 23.2 Å². The van der Waals surface area contributed by atoms with Crippen molar-refractivity contribution in [3.05, 3.63) is 52.8 Å². The van der Waals surface area contributed by atoms with Gasteiger partial charge >= 0.3 is 0 Å². The number of nitrogens with one attached hydrogen (secondary N) is 1. The van der Waals surface area contributed by atoms with E-state index in [-0.39, 0.29) is 5.91 Å². The van der Waals surface area contributed by atoms with Gasteiger partial charge in [-0.2, -0.15) is 4.98 Å². The number of hydrogen-bond donors (Lipinski definition) is 1. The molecular formula is C24H32N6OS. The molecule has 1 N–H and O–H groups in total. The molecular weight excluding hydrogens is 420 g/mol. The fraction of sp³-hybridized carbons (Fsp3) is 0.500. The Morgan fingerprint density at radius 3 is 2.94 bits per heavy atom. The molecule has 1 atom stereocenters. The van der Waals surface area contributed by atoms with Gasteiger partial charge in [0.1, 0.15) is 0 Å². The highest BCUT2D eigenvalue weighted by atomic mass is 32.2. The summed E-state index contributed by atoms with van der Waals surface area (Å²) in [6.45, 7) is 10.4. The Balaban J connectivity index is 1.32. The number of benzene rings is 1. The van der Waals surface area contributed by atoms with Gasteiger partial charge < -0.3 is 10.2 Å². The predicted molar refractivity (Wildman–Crippen MR) is 128 cm³/mol. The molecule has 0 aliphatic carbocycles. The van der Waals surface area contributed by atoms with Crippen molar-refractivity contribution in [1.82, 2.24) is 29.8 Å². The number of fused-ring (bicyclic) bond motifs is 1. The number of piperidine rings is 1. The van der Waals surface area contributed by atoms with E-state index in [1.807, 2.05) is 44.2 Å².